The van der Waals surface area contributed by atoms with Crippen molar-refractivity contribution in [2.75, 3.05) is 0 Å². The van der Waals surface area contributed by atoms with Crippen LogP contribution in [0.3, 0.4) is 0 Å². The summed E-state index contributed by atoms with van der Waals surface area (Å²) in [6.07, 6.45) is -1.70. The van der Waals surface area contributed by atoms with E-state index in [2.05, 4.69) is 13.2 Å². The number of aromatic hydroxyl groups is 3. The fourth-order valence-electron chi connectivity index (χ4n) is 3.37. The molecule has 3 aromatic rings. The number of hydrogen-bond donors (Lipinski definition) is 5. The second-order valence-corrected chi connectivity index (χ2v) is 8.09. The van der Waals surface area contributed by atoms with E-state index in [-0.39, 0.29) is 48.5 Å². The summed E-state index contributed by atoms with van der Waals surface area (Å²) in [6, 6.07) is 6.62. The molecule has 0 aliphatic rings. The molecule has 2 atom stereocenters. The molecule has 0 fully saturated rings. The van der Waals surface area contributed by atoms with Crippen LogP contribution in [0.5, 0.6) is 17.2 Å². The average Bonchev–Trinajstić information content (AvgIpc) is 2.69. The molecule has 3 rings (SSSR count). The first-order valence-corrected chi connectivity index (χ1v) is 9.99. The molecule has 0 spiro atoms. The zero-order chi connectivity index (χ0) is 23.7. The molecule has 0 bridgehead atoms. The molecule has 0 saturated heterocycles. The third kappa shape index (κ3) is 5.45. The Morgan fingerprint density at radius 1 is 0.909 bits per heavy atom. The van der Waals surface area contributed by atoms with Crippen molar-refractivity contribution in [2.45, 2.75) is 46.3 Å². The van der Waals surface area contributed by atoms with Gasteiger partial charge in [-0.25, -0.2) is 0 Å². The summed E-state index contributed by atoms with van der Waals surface area (Å²) in [5.74, 6) is -0.629. The topological polar surface area (TPSA) is 131 Å². The van der Waals surface area contributed by atoms with Crippen LogP contribution in [0.4, 0.5) is 0 Å². The molecule has 0 amide bonds. The molecule has 33 heavy (non-hydrogen) atoms. The molecule has 1 heterocycles. The van der Waals surface area contributed by atoms with Crippen LogP contribution in [-0.4, -0.2) is 37.7 Å². The van der Waals surface area contributed by atoms with E-state index < -0.39 is 23.4 Å². The first-order valence-electron chi connectivity index (χ1n) is 9.99. The van der Waals surface area contributed by atoms with Gasteiger partial charge in [0.25, 0.3) is 0 Å². The highest BCUT2D eigenvalue weighted by molar-refractivity contribution is 5.86. The molecule has 176 valence electrons. The van der Waals surface area contributed by atoms with Gasteiger partial charge in [-0.05, 0) is 37.1 Å². The summed E-state index contributed by atoms with van der Waals surface area (Å²) in [6.45, 7) is 10.8. The number of aliphatic hydroxyl groups is 2. The predicted molar refractivity (Wildman–Crippen MR) is 129 cm³/mol. The lowest BCUT2D eigenvalue weighted by molar-refractivity contribution is 0.208. The van der Waals surface area contributed by atoms with Crippen LogP contribution in [0, 0.1) is 0 Å². The van der Waals surface area contributed by atoms with Gasteiger partial charge in [0.2, 0.25) is 0 Å². The van der Waals surface area contributed by atoms with Crippen LogP contribution >= 0.6 is 0 Å². The van der Waals surface area contributed by atoms with E-state index in [1.807, 2.05) is 0 Å². The number of rotatable bonds is 7. The van der Waals surface area contributed by atoms with E-state index in [1.54, 1.807) is 26.0 Å². The van der Waals surface area contributed by atoms with Gasteiger partial charge in [-0.1, -0.05) is 31.7 Å². The molecule has 0 aliphatic heterocycles. The van der Waals surface area contributed by atoms with Crippen LogP contribution in [-0.2, 0) is 12.8 Å². The van der Waals surface area contributed by atoms with Crippen LogP contribution in [0.1, 0.15) is 32.4 Å². The summed E-state index contributed by atoms with van der Waals surface area (Å²) in [5, 5.41) is 51.0. The van der Waals surface area contributed by atoms with Crippen molar-refractivity contribution in [3.05, 3.63) is 76.0 Å². The SMILES string of the molecule is C.C=C(C)C(O)Cc1cc(-c2cc(=O)c3c(O)cc(O)cc3o2)cc(CC(O)C(=C)C)c1O. The maximum atomic E-state index is 12.6. The Kier molecular flexibility index (Phi) is 7.74. The molecule has 2 unspecified atom stereocenters. The smallest absolute Gasteiger partial charge is 0.197 e. The molecular weight excluding hydrogens is 424 g/mol. The Hall–Kier alpha value is -3.55. The third-order valence-corrected chi connectivity index (χ3v) is 5.31. The molecule has 2 aromatic carbocycles. The molecule has 5 N–H and O–H groups in total. The van der Waals surface area contributed by atoms with Gasteiger partial charge in [0.1, 0.15) is 34.0 Å². The van der Waals surface area contributed by atoms with Crippen molar-refractivity contribution < 1.29 is 29.9 Å². The zero-order valence-corrected chi connectivity index (χ0v) is 17.9. The number of phenols is 3. The van der Waals surface area contributed by atoms with Gasteiger partial charge in [0, 0.05) is 36.6 Å². The average molecular weight is 455 g/mol. The summed E-state index contributed by atoms with van der Waals surface area (Å²) in [7, 11) is 0. The largest absolute Gasteiger partial charge is 0.508 e. The normalized spacial score (nSPS) is 12.7. The van der Waals surface area contributed by atoms with Crippen LogP contribution < -0.4 is 5.43 Å². The highest BCUT2D eigenvalue weighted by atomic mass is 16.3. The van der Waals surface area contributed by atoms with E-state index in [1.165, 1.54) is 12.1 Å². The minimum Gasteiger partial charge on any atom is -0.508 e. The zero-order valence-electron chi connectivity index (χ0n) is 17.9. The predicted octanol–water partition coefficient (Wildman–Crippen LogP) is 4.17. The molecule has 0 radical (unpaired) electrons. The number of phenolic OH excluding ortho intramolecular Hbond substituents is 3. The Morgan fingerprint density at radius 3 is 1.91 bits per heavy atom. The van der Waals surface area contributed by atoms with E-state index in [0.29, 0.717) is 27.8 Å². The van der Waals surface area contributed by atoms with Crippen LogP contribution in [0.25, 0.3) is 22.3 Å². The van der Waals surface area contributed by atoms with Gasteiger partial charge in [0.15, 0.2) is 5.43 Å². The van der Waals surface area contributed by atoms with Crippen molar-refractivity contribution in [3.8, 4) is 28.6 Å². The fraction of sp³-hybridized carbons (Fsp3) is 0.269. The van der Waals surface area contributed by atoms with Gasteiger partial charge in [-0.3, -0.25) is 4.79 Å². The number of fused-ring (bicyclic) bond motifs is 1. The quantitative estimate of drug-likeness (QED) is 0.339. The van der Waals surface area contributed by atoms with E-state index in [4.69, 9.17) is 4.42 Å². The first kappa shape index (κ1) is 25.7. The Morgan fingerprint density at radius 2 is 1.42 bits per heavy atom. The van der Waals surface area contributed by atoms with Gasteiger partial charge < -0.3 is 29.9 Å². The van der Waals surface area contributed by atoms with Crippen molar-refractivity contribution in [3.63, 3.8) is 0 Å². The van der Waals surface area contributed by atoms with Crippen molar-refractivity contribution in [2.24, 2.45) is 0 Å². The lowest BCUT2D eigenvalue weighted by Crippen LogP contribution is -2.14. The fourth-order valence-corrected chi connectivity index (χ4v) is 3.37. The van der Waals surface area contributed by atoms with E-state index in [0.717, 1.165) is 6.07 Å². The second kappa shape index (κ2) is 9.94. The number of hydrogen-bond acceptors (Lipinski definition) is 7. The van der Waals surface area contributed by atoms with Crippen molar-refractivity contribution >= 4 is 11.0 Å². The van der Waals surface area contributed by atoms with Gasteiger partial charge in [-0.15, -0.1) is 0 Å². The summed E-state index contributed by atoms with van der Waals surface area (Å²) in [4.78, 5) is 12.6. The maximum Gasteiger partial charge on any atom is 0.197 e. The second-order valence-electron chi connectivity index (χ2n) is 8.09. The monoisotopic (exact) mass is 454 g/mol. The van der Waals surface area contributed by atoms with Crippen molar-refractivity contribution in [1.82, 2.24) is 0 Å². The van der Waals surface area contributed by atoms with Gasteiger partial charge in [0.05, 0.1) is 12.2 Å². The molecule has 1 aromatic heterocycles. The molecular formula is C26H30O7. The minimum absolute atomic E-state index is 0. The lowest BCUT2D eigenvalue weighted by Gasteiger charge is -2.18. The van der Waals surface area contributed by atoms with Crippen LogP contribution in [0.2, 0.25) is 0 Å². The van der Waals surface area contributed by atoms with E-state index in [9.17, 15) is 30.3 Å². The molecule has 7 heteroatoms. The lowest BCUT2D eigenvalue weighted by atomic mass is 9.93. The van der Waals surface area contributed by atoms with Crippen molar-refractivity contribution in [1.29, 1.82) is 0 Å². The highest BCUT2D eigenvalue weighted by Gasteiger charge is 2.19. The van der Waals surface area contributed by atoms with Gasteiger partial charge in [-0.2, -0.15) is 0 Å². The Balaban J connectivity index is 0.00000385. The first-order chi connectivity index (χ1) is 15.0. The maximum absolute atomic E-state index is 12.6. The minimum atomic E-state index is -0.910. The third-order valence-electron chi connectivity index (χ3n) is 5.31. The number of aliphatic hydroxyl groups excluding tert-OH is 2. The van der Waals surface area contributed by atoms with Crippen LogP contribution in [0.15, 0.2) is 63.8 Å². The molecule has 0 aliphatic carbocycles. The number of benzene rings is 2. The summed E-state index contributed by atoms with van der Waals surface area (Å²) >= 11 is 0. The summed E-state index contributed by atoms with van der Waals surface area (Å²) in [5.41, 5.74) is 1.68. The standard InChI is InChI=1S/C25H26O7.CH4/c1-12(2)18(27)7-15-5-14(6-16(25(15)31)8-19(28)13(3)4)22-11-21(30)24-20(29)9-17(26)10-23(24)32-22;/h5-6,9-11,18-19,26-29,31H,1,3,7-8H2,2,4H3;1H4. The molecule has 0 saturated carbocycles. The highest BCUT2D eigenvalue weighted by Crippen LogP contribution is 2.35. The van der Waals surface area contributed by atoms with E-state index >= 15 is 0 Å². The van der Waals surface area contributed by atoms with Gasteiger partial charge >= 0.3 is 0 Å². The summed E-state index contributed by atoms with van der Waals surface area (Å²) < 4.78 is 5.78. The Bertz CT molecular complexity index is 1230. The Labute approximate surface area is 192 Å². The molecule has 7 nitrogen and oxygen atoms in total.